The quantitative estimate of drug-likeness (QED) is 0.389. The Bertz CT molecular complexity index is 1060. The van der Waals surface area contributed by atoms with Crippen molar-refractivity contribution in [3.05, 3.63) is 84.2 Å². The van der Waals surface area contributed by atoms with E-state index in [2.05, 4.69) is 11.9 Å². The summed E-state index contributed by atoms with van der Waals surface area (Å²) in [6.07, 6.45) is 1.75. The second-order valence-electron chi connectivity index (χ2n) is 6.11. The number of rotatable bonds is 6. The van der Waals surface area contributed by atoms with Crippen molar-refractivity contribution in [2.75, 3.05) is 10.7 Å². The molecule has 1 amide bonds. The number of benzene rings is 2. The molecule has 0 aliphatic carbocycles. The Morgan fingerprint density at radius 3 is 2.61 bits per heavy atom. The summed E-state index contributed by atoms with van der Waals surface area (Å²) in [5.74, 6) is 0.854. The van der Waals surface area contributed by atoms with Crippen molar-refractivity contribution in [2.24, 2.45) is 0 Å². The molecule has 0 saturated carbocycles. The number of nitrogens with zero attached hydrogens (tertiary/aromatic N) is 3. The Labute approximate surface area is 172 Å². The lowest BCUT2D eigenvalue weighted by molar-refractivity contribution is 0.0982. The van der Waals surface area contributed by atoms with Gasteiger partial charge in [-0.3, -0.25) is 14.7 Å². The molecule has 0 bridgehead atoms. The van der Waals surface area contributed by atoms with Crippen molar-refractivity contribution in [2.45, 2.75) is 18.4 Å². The maximum absolute atomic E-state index is 13.6. The predicted octanol–water partition coefficient (Wildman–Crippen LogP) is 5.65. The van der Waals surface area contributed by atoms with Crippen molar-refractivity contribution < 1.29 is 4.79 Å². The molecule has 2 aromatic carbocycles. The standard InChI is InChI=1S/C22H19N3OS2/c1-2-27-19-12-5-3-10-17(19)21(26)25(15-16-9-7-8-14-23-16)22-24-18-11-4-6-13-20(18)28-22/h3-14H,2,15H2,1H3. The lowest BCUT2D eigenvalue weighted by Crippen LogP contribution is -2.31. The molecule has 4 nitrogen and oxygen atoms in total. The fraction of sp³-hybridized carbons (Fsp3) is 0.136. The number of pyridine rings is 1. The van der Waals surface area contributed by atoms with Crippen LogP contribution in [0.3, 0.4) is 0 Å². The number of fused-ring (bicyclic) bond motifs is 1. The minimum atomic E-state index is -0.0544. The van der Waals surface area contributed by atoms with Crippen LogP contribution in [0.2, 0.25) is 0 Å². The van der Waals surface area contributed by atoms with E-state index in [1.807, 2.05) is 66.7 Å². The van der Waals surface area contributed by atoms with Crippen LogP contribution in [-0.4, -0.2) is 21.6 Å². The van der Waals surface area contributed by atoms with Gasteiger partial charge in [-0.1, -0.05) is 48.6 Å². The summed E-state index contributed by atoms with van der Waals surface area (Å²) >= 11 is 3.20. The van der Waals surface area contributed by atoms with Gasteiger partial charge < -0.3 is 0 Å². The zero-order valence-electron chi connectivity index (χ0n) is 15.4. The van der Waals surface area contributed by atoms with Crippen LogP contribution in [0.5, 0.6) is 0 Å². The molecule has 0 atom stereocenters. The average molecular weight is 406 g/mol. The van der Waals surface area contributed by atoms with E-state index >= 15 is 0 Å². The molecule has 6 heteroatoms. The van der Waals surface area contributed by atoms with Crippen LogP contribution in [0.25, 0.3) is 10.2 Å². The van der Waals surface area contributed by atoms with Gasteiger partial charge in [0.2, 0.25) is 0 Å². The Balaban J connectivity index is 1.77. The molecule has 28 heavy (non-hydrogen) atoms. The SMILES string of the molecule is CCSc1ccccc1C(=O)N(Cc1ccccn1)c1nc2ccccc2s1. The molecule has 140 valence electrons. The van der Waals surface area contributed by atoms with Gasteiger partial charge in [0.25, 0.3) is 5.91 Å². The zero-order valence-corrected chi connectivity index (χ0v) is 17.0. The largest absolute Gasteiger partial charge is 0.278 e. The molecule has 4 aromatic rings. The Morgan fingerprint density at radius 2 is 1.82 bits per heavy atom. The number of hydrogen-bond acceptors (Lipinski definition) is 5. The van der Waals surface area contributed by atoms with Crippen LogP contribution in [0, 0.1) is 0 Å². The van der Waals surface area contributed by atoms with Crippen LogP contribution in [0.15, 0.2) is 77.8 Å². The predicted molar refractivity (Wildman–Crippen MR) is 117 cm³/mol. The minimum absolute atomic E-state index is 0.0544. The van der Waals surface area contributed by atoms with E-state index in [4.69, 9.17) is 4.98 Å². The summed E-state index contributed by atoms with van der Waals surface area (Å²) in [6.45, 7) is 2.47. The van der Waals surface area contributed by atoms with Gasteiger partial charge in [-0.15, -0.1) is 11.8 Å². The van der Waals surface area contributed by atoms with E-state index in [0.717, 1.165) is 26.6 Å². The molecular weight excluding hydrogens is 386 g/mol. The molecule has 0 unspecified atom stereocenters. The van der Waals surface area contributed by atoms with Crippen molar-refractivity contribution in [3.63, 3.8) is 0 Å². The van der Waals surface area contributed by atoms with Crippen LogP contribution in [-0.2, 0) is 6.54 Å². The van der Waals surface area contributed by atoms with Crippen molar-refractivity contribution in [1.82, 2.24) is 9.97 Å². The number of para-hydroxylation sites is 1. The Kier molecular flexibility index (Phi) is 5.69. The molecule has 0 radical (unpaired) electrons. The van der Waals surface area contributed by atoms with Gasteiger partial charge in [-0.25, -0.2) is 4.98 Å². The topological polar surface area (TPSA) is 46.1 Å². The van der Waals surface area contributed by atoms with E-state index in [1.54, 1.807) is 22.9 Å². The van der Waals surface area contributed by atoms with Crippen LogP contribution >= 0.6 is 23.1 Å². The lowest BCUT2D eigenvalue weighted by atomic mass is 10.2. The third kappa shape index (κ3) is 3.93. The molecule has 2 heterocycles. The molecular formula is C22H19N3OS2. The van der Waals surface area contributed by atoms with Crippen molar-refractivity contribution >= 4 is 44.4 Å². The number of anilines is 1. The van der Waals surface area contributed by atoms with Crippen LogP contribution < -0.4 is 4.90 Å². The number of aromatic nitrogens is 2. The lowest BCUT2D eigenvalue weighted by Gasteiger charge is -2.21. The second kappa shape index (κ2) is 8.54. The van der Waals surface area contributed by atoms with Gasteiger partial charge in [0.05, 0.1) is 28.0 Å². The van der Waals surface area contributed by atoms with Crippen LogP contribution in [0.1, 0.15) is 23.0 Å². The minimum Gasteiger partial charge on any atom is -0.278 e. The molecule has 0 fully saturated rings. The van der Waals surface area contributed by atoms with E-state index in [-0.39, 0.29) is 5.91 Å². The number of amides is 1. The van der Waals surface area contributed by atoms with E-state index in [9.17, 15) is 4.79 Å². The summed E-state index contributed by atoms with van der Waals surface area (Å²) in [5.41, 5.74) is 2.43. The number of carbonyl (C=O) groups is 1. The first-order valence-corrected chi connectivity index (χ1v) is 10.9. The molecule has 0 aliphatic heterocycles. The average Bonchev–Trinajstić information content (AvgIpc) is 3.17. The maximum atomic E-state index is 13.6. The molecule has 0 N–H and O–H groups in total. The highest BCUT2D eigenvalue weighted by Gasteiger charge is 2.24. The van der Waals surface area contributed by atoms with Gasteiger partial charge >= 0.3 is 0 Å². The van der Waals surface area contributed by atoms with Gasteiger partial charge in [-0.05, 0) is 42.2 Å². The Morgan fingerprint density at radius 1 is 1.04 bits per heavy atom. The van der Waals surface area contributed by atoms with Gasteiger partial charge in [-0.2, -0.15) is 0 Å². The summed E-state index contributed by atoms with van der Waals surface area (Å²) < 4.78 is 1.06. The fourth-order valence-electron chi connectivity index (χ4n) is 2.93. The number of carbonyl (C=O) groups excluding carboxylic acids is 1. The first-order chi connectivity index (χ1) is 13.8. The third-order valence-electron chi connectivity index (χ3n) is 4.22. The zero-order chi connectivity index (χ0) is 19.3. The summed E-state index contributed by atoms with van der Waals surface area (Å²) in [6, 6.07) is 21.5. The van der Waals surface area contributed by atoms with E-state index in [1.165, 1.54) is 11.3 Å². The number of thiazole rings is 1. The van der Waals surface area contributed by atoms with Crippen LogP contribution in [0.4, 0.5) is 5.13 Å². The first kappa shape index (κ1) is 18.7. The monoisotopic (exact) mass is 405 g/mol. The first-order valence-electron chi connectivity index (χ1n) is 9.05. The highest BCUT2D eigenvalue weighted by atomic mass is 32.2. The van der Waals surface area contributed by atoms with Gasteiger partial charge in [0.15, 0.2) is 5.13 Å². The highest BCUT2D eigenvalue weighted by molar-refractivity contribution is 7.99. The van der Waals surface area contributed by atoms with Gasteiger partial charge in [0.1, 0.15) is 0 Å². The smallest absolute Gasteiger partial charge is 0.261 e. The molecule has 4 rings (SSSR count). The number of thioether (sulfide) groups is 1. The summed E-state index contributed by atoms with van der Waals surface area (Å²) in [7, 11) is 0. The molecule has 0 saturated heterocycles. The van der Waals surface area contributed by atoms with Gasteiger partial charge in [0, 0.05) is 11.1 Å². The summed E-state index contributed by atoms with van der Waals surface area (Å²) in [5, 5.41) is 0.688. The summed E-state index contributed by atoms with van der Waals surface area (Å²) in [4.78, 5) is 25.4. The van der Waals surface area contributed by atoms with Crippen molar-refractivity contribution in [1.29, 1.82) is 0 Å². The molecule has 0 aliphatic rings. The van der Waals surface area contributed by atoms with E-state index in [0.29, 0.717) is 17.2 Å². The Hall–Kier alpha value is -2.70. The third-order valence-corrected chi connectivity index (χ3v) is 6.24. The highest BCUT2D eigenvalue weighted by Crippen LogP contribution is 2.32. The maximum Gasteiger partial charge on any atom is 0.261 e. The molecule has 2 aromatic heterocycles. The molecule has 0 spiro atoms. The number of hydrogen-bond donors (Lipinski definition) is 0. The van der Waals surface area contributed by atoms with Crippen molar-refractivity contribution in [3.8, 4) is 0 Å². The fourth-order valence-corrected chi connectivity index (χ4v) is 4.69. The second-order valence-corrected chi connectivity index (χ2v) is 8.42. The normalized spacial score (nSPS) is 10.9. The van der Waals surface area contributed by atoms with E-state index < -0.39 is 0 Å².